The molecule has 1 heterocycles. The topological polar surface area (TPSA) is 93.1 Å². The van der Waals surface area contributed by atoms with Gasteiger partial charge in [0.05, 0.1) is 24.5 Å². The third-order valence-electron chi connectivity index (χ3n) is 5.06. The van der Waals surface area contributed by atoms with Crippen molar-refractivity contribution in [3.63, 3.8) is 0 Å². The fraction of sp³-hybridized carbons (Fsp3) is 0.600. The van der Waals surface area contributed by atoms with E-state index in [0.29, 0.717) is 19.3 Å². The Morgan fingerprint density at radius 2 is 2.19 bits per heavy atom. The second-order valence-electron chi connectivity index (χ2n) is 6.99. The standard InChI is InChI=1S/C20H28O6/c1-4-12(2)19(23)25-11-15-7-5-6-14(10-21)9-17-18(16(22)8-15)13(3)20(24)26-17/h7,9,12,16-18,21-22H,3-6,8,10-11H2,1-2H3/b14-9+,15-7+/t12-,16+,17+,18+/m0/s1. The molecule has 0 radical (unpaired) electrons. The van der Waals surface area contributed by atoms with Crippen molar-refractivity contribution in [2.75, 3.05) is 13.2 Å². The molecule has 0 saturated carbocycles. The van der Waals surface area contributed by atoms with Gasteiger partial charge in [-0.2, -0.15) is 0 Å². The van der Waals surface area contributed by atoms with E-state index in [1.54, 1.807) is 6.08 Å². The molecule has 1 aliphatic heterocycles. The van der Waals surface area contributed by atoms with Crippen molar-refractivity contribution in [1.29, 1.82) is 0 Å². The molecule has 26 heavy (non-hydrogen) atoms. The van der Waals surface area contributed by atoms with E-state index in [2.05, 4.69) is 6.58 Å². The summed E-state index contributed by atoms with van der Waals surface area (Å²) in [6.07, 6.45) is 4.34. The van der Waals surface area contributed by atoms with Gasteiger partial charge >= 0.3 is 11.9 Å². The van der Waals surface area contributed by atoms with E-state index >= 15 is 0 Å². The minimum Gasteiger partial charge on any atom is -0.461 e. The predicted octanol–water partition coefficient (Wildman–Crippen LogP) is 2.06. The number of fused-ring (bicyclic) bond motifs is 1. The molecule has 2 rings (SSSR count). The molecule has 0 bridgehead atoms. The first-order valence-corrected chi connectivity index (χ1v) is 9.10. The number of aliphatic hydroxyl groups is 2. The zero-order chi connectivity index (χ0) is 19.3. The Morgan fingerprint density at radius 3 is 2.85 bits per heavy atom. The van der Waals surface area contributed by atoms with E-state index < -0.39 is 24.1 Å². The van der Waals surface area contributed by atoms with Gasteiger partial charge in [0.25, 0.3) is 0 Å². The molecule has 0 aromatic carbocycles. The Kier molecular flexibility index (Phi) is 7.17. The third kappa shape index (κ3) is 4.83. The van der Waals surface area contributed by atoms with Gasteiger partial charge in [0.1, 0.15) is 12.7 Å². The van der Waals surface area contributed by atoms with Crippen LogP contribution in [0.5, 0.6) is 0 Å². The van der Waals surface area contributed by atoms with Gasteiger partial charge in [-0.15, -0.1) is 0 Å². The normalized spacial score (nSPS) is 31.8. The van der Waals surface area contributed by atoms with Crippen molar-refractivity contribution in [1.82, 2.24) is 0 Å². The maximum atomic E-state index is 11.9. The van der Waals surface area contributed by atoms with Crippen LogP contribution in [0.1, 0.15) is 39.5 Å². The molecule has 2 N–H and O–H groups in total. The first-order chi connectivity index (χ1) is 12.4. The number of ether oxygens (including phenoxy) is 2. The van der Waals surface area contributed by atoms with Gasteiger partial charge in [0, 0.05) is 5.57 Å². The van der Waals surface area contributed by atoms with E-state index in [9.17, 15) is 19.8 Å². The summed E-state index contributed by atoms with van der Waals surface area (Å²) in [6.45, 7) is 7.45. The van der Waals surface area contributed by atoms with Crippen LogP contribution in [0.2, 0.25) is 0 Å². The number of rotatable bonds is 5. The van der Waals surface area contributed by atoms with Crippen LogP contribution in [0.25, 0.3) is 0 Å². The van der Waals surface area contributed by atoms with Crippen molar-refractivity contribution in [3.05, 3.63) is 35.5 Å². The molecule has 1 aliphatic carbocycles. The number of hydrogen-bond acceptors (Lipinski definition) is 6. The highest BCUT2D eigenvalue weighted by molar-refractivity contribution is 5.91. The van der Waals surface area contributed by atoms with Crippen molar-refractivity contribution >= 4 is 11.9 Å². The molecule has 144 valence electrons. The quantitative estimate of drug-likeness (QED) is 0.441. The molecule has 1 saturated heterocycles. The lowest BCUT2D eigenvalue weighted by molar-refractivity contribution is -0.147. The lowest BCUT2D eigenvalue weighted by atomic mass is 9.85. The van der Waals surface area contributed by atoms with Gasteiger partial charge in [0.2, 0.25) is 0 Å². The smallest absolute Gasteiger partial charge is 0.334 e. The summed E-state index contributed by atoms with van der Waals surface area (Å²) in [5, 5.41) is 20.2. The first kappa shape index (κ1) is 20.4. The van der Waals surface area contributed by atoms with Gasteiger partial charge in [0.15, 0.2) is 0 Å². The number of carbonyl (C=O) groups excluding carboxylic acids is 2. The molecule has 6 nitrogen and oxygen atoms in total. The van der Waals surface area contributed by atoms with E-state index in [1.165, 1.54) is 0 Å². The van der Waals surface area contributed by atoms with E-state index in [4.69, 9.17) is 9.47 Å². The molecule has 1 fully saturated rings. The van der Waals surface area contributed by atoms with Crippen LogP contribution in [0.15, 0.2) is 35.5 Å². The van der Waals surface area contributed by atoms with Gasteiger partial charge in [-0.05, 0) is 42.9 Å². The second-order valence-corrected chi connectivity index (χ2v) is 6.99. The minimum absolute atomic E-state index is 0.108. The number of hydrogen-bond donors (Lipinski definition) is 2. The highest BCUT2D eigenvalue weighted by atomic mass is 16.6. The Hall–Kier alpha value is -1.92. The largest absolute Gasteiger partial charge is 0.461 e. The van der Waals surface area contributed by atoms with Gasteiger partial charge in [-0.3, -0.25) is 4.79 Å². The maximum absolute atomic E-state index is 11.9. The van der Waals surface area contributed by atoms with Crippen molar-refractivity contribution in [2.24, 2.45) is 11.8 Å². The van der Waals surface area contributed by atoms with E-state index in [0.717, 1.165) is 11.1 Å². The number of allylic oxidation sites excluding steroid dienone is 1. The Balaban J connectivity index is 2.17. The molecule has 0 spiro atoms. The van der Waals surface area contributed by atoms with Crippen LogP contribution in [-0.2, 0) is 19.1 Å². The molecule has 0 aromatic rings. The molecule has 0 unspecified atom stereocenters. The lowest BCUT2D eigenvalue weighted by Gasteiger charge is -2.24. The highest BCUT2D eigenvalue weighted by Gasteiger charge is 2.42. The number of aliphatic hydroxyl groups excluding tert-OH is 2. The molecule has 4 atom stereocenters. The molecule has 0 amide bonds. The summed E-state index contributed by atoms with van der Waals surface area (Å²) in [4.78, 5) is 23.8. The fourth-order valence-electron chi connectivity index (χ4n) is 3.17. The molecule has 2 aliphatic rings. The fourth-order valence-corrected chi connectivity index (χ4v) is 3.17. The summed E-state index contributed by atoms with van der Waals surface area (Å²) in [7, 11) is 0. The average molecular weight is 364 g/mol. The van der Waals surface area contributed by atoms with Gasteiger partial charge in [-0.1, -0.05) is 26.5 Å². The highest BCUT2D eigenvalue weighted by Crippen LogP contribution is 2.34. The molecular weight excluding hydrogens is 336 g/mol. The van der Waals surface area contributed by atoms with Crippen molar-refractivity contribution in [3.8, 4) is 0 Å². The lowest BCUT2D eigenvalue weighted by Crippen LogP contribution is -2.30. The third-order valence-corrected chi connectivity index (χ3v) is 5.06. The van der Waals surface area contributed by atoms with E-state index in [-0.39, 0.29) is 37.1 Å². The zero-order valence-electron chi connectivity index (χ0n) is 15.4. The molecule has 6 heteroatoms. The monoisotopic (exact) mass is 364 g/mol. The van der Waals surface area contributed by atoms with Crippen LogP contribution >= 0.6 is 0 Å². The SMILES string of the molecule is C=C1C(=O)O[C@@H]2/C=C(/CO)CC/C=C(/COC(=O)[C@@H](C)CC)C[C@@H](O)[C@@H]12. The number of esters is 2. The average Bonchev–Trinajstić information content (AvgIpc) is 2.90. The van der Waals surface area contributed by atoms with Gasteiger partial charge < -0.3 is 19.7 Å². The van der Waals surface area contributed by atoms with Crippen LogP contribution in [-0.4, -0.2) is 47.6 Å². The van der Waals surface area contributed by atoms with Crippen molar-refractivity contribution < 1.29 is 29.3 Å². The van der Waals surface area contributed by atoms with E-state index in [1.807, 2.05) is 19.9 Å². The zero-order valence-corrected chi connectivity index (χ0v) is 15.4. The summed E-state index contributed by atoms with van der Waals surface area (Å²) < 4.78 is 10.7. The second kappa shape index (κ2) is 9.14. The maximum Gasteiger partial charge on any atom is 0.334 e. The number of carbonyl (C=O) groups is 2. The molecule has 0 aromatic heterocycles. The Labute approximate surface area is 154 Å². The predicted molar refractivity (Wildman–Crippen MR) is 96.0 cm³/mol. The Morgan fingerprint density at radius 1 is 1.46 bits per heavy atom. The summed E-state index contributed by atoms with van der Waals surface area (Å²) in [5.41, 5.74) is 1.76. The summed E-state index contributed by atoms with van der Waals surface area (Å²) >= 11 is 0. The summed E-state index contributed by atoms with van der Waals surface area (Å²) in [5.74, 6) is -1.54. The first-order valence-electron chi connectivity index (χ1n) is 9.10. The van der Waals surface area contributed by atoms with Crippen molar-refractivity contribution in [2.45, 2.75) is 51.7 Å². The Bertz CT molecular complexity index is 618. The van der Waals surface area contributed by atoms with Crippen LogP contribution < -0.4 is 0 Å². The van der Waals surface area contributed by atoms with Crippen LogP contribution in [0.3, 0.4) is 0 Å². The molecular formula is C20H28O6. The van der Waals surface area contributed by atoms with Gasteiger partial charge in [-0.25, -0.2) is 4.79 Å². The van der Waals surface area contributed by atoms with Crippen LogP contribution in [0, 0.1) is 11.8 Å². The minimum atomic E-state index is -0.887. The summed E-state index contributed by atoms with van der Waals surface area (Å²) in [6, 6.07) is 0. The van der Waals surface area contributed by atoms with Crippen LogP contribution in [0.4, 0.5) is 0 Å².